The normalized spacial score (nSPS) is 25.1. The fourth-order valence-electron chi connectivity index (χ4n) is 1.57. The molecule has 2 rings (SSSR count). The van der Waals surface area contributed by atoms with E-state index in [4.69, 9.17) is 27.9 Å². The largest absolute Gasteiger partial charge is 0.370 e. The Hall–Kier alpha value is -0.240. The minimum absolute atomic E-state index is 0.421. The van der Waals surface area contributed by atoms with Gasteiger partial charge in [-0.25, -0.2) is 0 Å². The molecule has 0 N–H and O–H groups in total. The molecule has 2 atom stereocenters. The van der Waals surface area contributed by atoms with Crippen LogP contribution >= 0.6 is 23.2 Å². The van der Waals surface area contributed by atoms with Gasteiger partial charge in [0.05, 0.1) is 22.3 Å². The molecule has 2 unspecified atom stereocenters. The van der Waals surface area contributed by atoms with E-state index in [-0.39, 0.29) is 0 Å². The number of ether oxygens (including phenoxy) is 1. The molecular weight excluding hydrogens is 219 g/mol. The molecule has 1 fully saturated rings. The maximum Gasteiger partial charge on any atom is 0.0842 e. The van der Waals surface area contributed by atoms with Gasteiger partial charge in [-0.1, -0.05) is 35.3 Å². The van der Waals surface area contributed by atoms with Crippen molar-refractivity contribution in [1.82, 2.24) is 0 Å². The van der Waals surface area contributed by atoms with Crippen LogP contribution in [0, 0.1) is 0 Å². The third-order valence-electron chi connectivity index (χ3n) is 2.57. The van der Waals surface area contributed by atoms with Gasteiger partial charge in [-0.15, -0.1) is 0 Å². The maximum atomic E-state index is 6.06. The molecule has 3 heteroatoms. The van der Waals surface area contributed by atoms with Crippen LogP contribution in [0.2, 0.25) is 10.0 Å². The SMILES string of the molecule is CC1OC1CCc1cccc(Cl)c1Cl. The predicted octanol–water partition coefficient (Wildman–Crippen LogP) is 3.71. The second-order valence-electron chi connectivity index (χ2n) is 3.63. The van der Waals surface area contributed by atoms with Crippen molar-refractivity contribution in [3.8, 4) is 0 Å². The summed E-state index contributed by atoms with van der Waals surface area (Å²) >= 11 is 12.0. The van der Waals surface area contributed by atoms with Gasteiger partial charge < -0.3 is 4.74 Å². The molecule has 0 spiro atoms. The second kappa shape index (κ2) is 4.09. The van der Waals surface area contributed by atoms with Gasteiger partial charge in [0.25, 0.3) is 0 Å². The fraction of sp³-hybridized carbons (Fsp3) is 0.455. The summed E-state index contributed by atoms with van der Waals surface area (Å²) in [4.78, 5) is 0. The van der Waals surface area contributed by atoms with Gasteiger partial charge in [0.2, 0.25) is 0 Å². The first kappa shape index (κ1) is 10.3. The Morgan fingerprint density at radius 3 is 2.71 bits per heavy atom. The summed E-state index contributed by atoms with van der Waals surface area (Å²) < 4.78 is 5.33. The molecule has 0 radical (unpaired) electrons. The molecular formula is C11H12Cl2O. The summed E-state index contributed by atoms with van der Waals surface area (Å²) in [6, 6.07) is 5.76. The monoisotopic (exact) mass is 230 g/mol. The highest BCUT2D eigenvalue weighted by Crippen LogP contribution is 2.30. The van der Waals surface area contributed by atoms with Crippen molar-refractivity contribution in [2.75, 3.05) is 0 Å². The van der Waals surface area contributed by atoms with E-state index in [2.05, 4.69) is 6.92 Å². The zero-order valence-corrected chi connectivity index (χ0v) is 9.48. The fourth-order valence-corrected chi connectivity index (χ4v) is 1.99. The number of hydrogen-bond donors (Lipinski definition) is 0. The smallest absolute Gasteiger partial charge is 0.0842 e. The molecule has 1 aliphatic rings. The number of benzene rings is 1. The molecule has 0 saturated carbocycles. The van der Waals surface area contributed by atoms with Crippen molar-refractivity contribution in [3.05, 3.63) is 33.8 Å². The van der Waals surface area contributed by atoms with Crippen molar-refractivity contribution in [1.29, 1.82) is 0 Å². The molecule has 1 aromatic rings. The predicted molar refractivity (Wildman–Crippen MR) is 59.1 cm³/mol. The van der Waals surface area contributed by atoms with Crippen LogP contribution in [0.25, 0.3) is 0 Å². The Kier molecular flexibility index (Phi) is 3.01. The molecule has 1 aliphatic heterocycles. The number of halogens is 2. The molecule has 1 saturated heterocycles. The van der Waals surface area contributed by atoms with Crippen LogP contribution < -0.4 is 0 Å². The first-order chi connectivity index (χ1) is 6.68. The first-order valence-electron chi connectivity index (χ1n) is 4.77. The Labute approximate surface area is 94.0 Å². The van der Waals surface area contributed by atoms with E-state index in [0.717, 1.165) is 18.4 Å². The topological polar surface area (TPSA) is 12.5 Å². The summed E-state index contributed by atoms with van der Waals surface area (Å²) in [5, 5.41) is 1.32. The van der Waals surface area contributed by atoms with Gasteiger partial charge in [-0.05, 0) is 31.4 Å². The summed E-state index contributed by atoms with van der Waals surface area (Å²) in [7, 11) is 0. The van der Waals surface area contributed by atoms with Crippen LogP contribution in [-0.2, 0) is 11.2 Å². The van der Waals surface area contributed by atoms with Gasteiger partial charge in [-0.2, -0.15) is 0 Å². The highest BCUT2D eigenvalue weighted by Gasteiger charge is 2.33. The van der Waals surface area contributed by atoms with Crippen LogP contribution in [-0.4, -0.2) is 12.2 Å². The van der Waals surface area contributed by atoms with Crippen molar-refractivity contribution in [2.45, 2.75) is 32.0 Å². The van der Waals surface area contributed by atoms with Crippen LogP contribution in [0.5, 0.6) is 0 Å². The lowest BCUT2D eigenvalue weighted by molar-refractivity contribution is 0.370. The Morgan fingerprint density at radius 2 is 2.07 bits per heavy atom. The quantitative estimate of drug-likeness (QED) is 0.722. The third kappa shape index (κ3) is 2.22. The molecule has 1 aromatic carbocycles. The summed E-state index contributed by atoms with van der Waals surface area (Å²) in [6.45, 7) is 2.09. The van der Waals surface area contributed by atoms with Gasteiger partial charge in [0.15, 0.2) is 0 Å². The molecule has 14 heavy (non-hydrogen) atoms. The van der Waals surface area contributed by atoms with Gasteiger partial charge in [0.1, 0.15) is 0 Å². The van der Waals surface area contributed by atoms with E-state index in [1.165, 1.54) is 0 Å². The highest BCUT2D eigenvalue weighted by molar-refractivity contribution is 6.42. The number of rotatable bonds is 3. The minimum atomic E-state index is 0.421. The van der Waals surface area contributed by atoms with Crippen LogP contribution in [0.3, 0.4) is 0 Å². The van der Waals surface area contributed by atoms with E-state index < -0.39 is 0 Å². The average molecular weight is 231 g/mol. The molecule has 76 valence electrons. The lowest BCUT2D eigenvalue weighted by atomic mass is 10.1. The van der Waals surface area contributed by atoms with Gasteiger partial charge in [0, 0.05) is 0 Å². The molecule has 0 bridgehead atoms. The standard InChI is InChI=1S/C11H12Cl2O/c1-7-10(14-7)6-5-8-3-2-4-9(12)11(8)13/h2-4,7,10H,5-6H2,1H3. The maximum absolute atomic E-state index is 6.06. The Balaban J connectivity index is 1.98. The zero-order chi connectivity index (χ0) is 10.1. The zero-order valence-electron chi connectivity index (χ0n) is 7.97. The lowest BCUT2D eigenvalue weighted by Crippen LogP contribution is -1.94. The van der Waals surface area contributed by atoms with Crippen molar-refractivity contribution >= 4 is 23.2 Å². The van der Waals surface area contributed by atoms with Gasteiger partial charge >= 0.3 is 0 Å². The Bertz CT molecular complexity index is 338. The van der Waals surface area contributed by atoms with Crippen LogP contribution in [0.4, 0.5) is 0 Å². The minimum Gasteiger partial charge on any atom is -0.370 e. The van der Waals surface area contributed by atoms with E-state index in [1.54, 1.807) is 0 Å². The van der Waals surface area contributed by atoms with Crippen LogP contribution in [0.15, 0.2) is 18.2 Å². The molecule has 1 heterocycles. The summed E-state index contributed by atoms with van der Waals surface area (Å²) in [5.74, 6) is 0. The van der Waals surface area contributed by atoms with E-state index in [9.17, 15) is 0 Å². The summed E-state index contributed by atoms with van der Waals surface area (Å²) in [5.41, 5.74) is 1.11. The lowest BCUT2D eigenvalue weighted by Gasteiger charge is -2.03. The molecule has 1 nitrogen and oxygen atoms in total. The molecule has 0 aliphatic carbocycles. The van der Waals surface area contributed by atoms with Gasteiger partial charge in [-0.3, -0.25) is 0 Å². The van der Waals surface area contributed by atoms with Crippen LogP contribution in [0.1, 0.15) is 18.9 Å². The van der Waals surface area contributed by atoms with E-state index >= 15 is 0 Å². The number of hydrogen-bond acceptors (Lipinski definition) is 1. The highest BCUT2D eigenvalue weighted by atomic mass is 35.5. The second-order valence-corrected chi connectivity index (χ2v) is 4.42. The van der Waals surface area contributed by atoms with E-state index in [0.29, 0.717) is 22.3 Å². The number of epoxide rings is 1. The van der Waals surface area contributed by atoms with Crippen molar-refractivity contribution < 1.29 is 4.74 Å². The average Bonchev–Trinajstić information content (AvgIpc) is 2.85. The third-order valence-corrected chi connectivity index (χ3v) is 3.42. The first-order valence-corrected chi connectivity index (χ1v) is 5.52. The van der Waals surface area contributed by atoms with Crippen molar-refractivity contribution in [2.24, 2.45) is 0 Å². The van der Waals surface area contributed by atoms with Crippen molar-refractivity contribution in [3.63, 3.8) is 0 Å². The Morgan fingerprint density at radius 1 is 1.36 bits per heavy atom. The summed E-state index contributed by atoms with van der Waals surface area (Å²) in [6.07, 6.45) is 2.81. The van der Waals surface area contributed by atoms with E-state index in [1.807, 2.05) is 18.2 Å². The number of aryl methyl sites for hydroxylation is 1. The molecule has 0 aromatic heterocycles. The molecule has 0 amide bonds.